The van der Waals surface area contributed by atoms with Crippen LogP contribution in [0.25, 0.3) is 0 Å². The molecule has 0 aromatic heterocycles. The summed E-state index contributed by atoms with van der Waals surface area (Å²) in [7, 11) is 0. The maximum atomic E-state index is 2.54. The van der Waals surface area contributed by atoms with E-state index in [1.807, 2.05) is 0 Å². The molecular weight excluding hydrogens is 240 g/mol. The molecule has 20 heavy (non-hydrogen) atoms. The number of hydrogen-bond donors (Lipinski definition) is 0. The van der Waals surface area contributed by atoms with E-state index in [0.29, 0.717) is 5.41 Å². The van der Waals surface area contributed by atoms with E-state index in [1.54, 1.807) is 16.7 Å². The second-order valence-corrected chi connectivity index (χ2v) is 8.42. The average molecular weight is 266 g/mol. The molecule has 0 nitrogen and oxygen atoms in total. The van der Waals surface area contributed by atoms with Crippen molar-refractivity contribution in [3.63, 3.8) is 0 Å². The van der Waals surface area contributed by atoms with Gasteiger partial charge < -0.3 is 0 Å². The predicted octanol–water partition coefficient (Wildman–Crippen LogP) is 5.06. The molecule has 2 bridgehead atoms. The molecule has 1 fully saturated rings. The van der Waals surface area contributed by atoms with Gasteiger partial charge in [0.15, 0.2) is 0 Å². The zero-order chi connectivity index (χ0) is 14.0. The van der Waals surface area contributed by atoms with E-state index < -0.39 is 0 Å². The molecule has 1 aromatic rings. The van der Waals surface area contributed by atoms with Crippen LogP contribution in [-0.2, 0) is 18.3 Å². The summed E-state index contributed by atoms with van der Waals surface area (Å²) in [4.78, 5) is 0. The zero-order valence-electron chi connectivity index (χ0n) is 13.1. The van der Waals surface area contributed by atoms with Crippen LogP contribution >= 0.6 is 0 Å². The van der Waals surface area contributed by atoms with E-state index in [9.17, 15) is 0 Å². The highest BCUT2D eigenvalue weighted by atomic mass is 14.5. The van der Waals surface area contributed by atoms with Gasteiger partial charge in [-0.25, -0.2) is 0 Å². The van der Waals surface area contributed by atoms with Crippen molar-refractivity contribution in [2.45, 2.75) is 58.3 Å². The molecule has 1 saturated carbocycles. The SMILES string of the molecule is CC(C)(C)c1cccc2c1CC1(CC2)CC2C=CC1C2. The van der Waals surface area contributed by atoms with E-state index >= 15 is 0 Å². The standard InChI is InChI=1S/C20H26/c1-19(2,3)18-6-4-5-15-9-10-20(13-17(15)18)12-14-7-8-16(20)11-14/h4-8,14,16H,9-13H2,1-3H3. The summed E-state index contributed by atoms with van der Waals surface area (Å²) in [5, 5.41) is 0. The molecule has 106 valence electrons. The van der Waals surface area contributed by atoms with Crippen LogP contribution < -0.4 is 0 Å². The largest absolute Gasteiger partial charge is 0.0851 e. The van der Waals surface area contributed by atoms with E-state index in [4.69, 9.17) is 0 Å². The van der Waals surface area contributed by atoms with Gasteiger partial charge in [-0.3, -0.25) is 0 Å². The van der Waals surface area contributed by atoms with E-state index in [2.05, 4.69) is 51.1 Å². The molecule has 0 N–H and O–H groups in total. The number of fused-ring (bicyclic) bond motifs is 4. The Hall–Kier alpha value is -1.04. The summed E-state index contributed by atoms with van der Waals surface area (Å²) < 4.78 is 0. The molecule has 3 unspecified atom stereocenters. The Kier molecular flexibility index (Phi) is 2.53. The summed E-state index contributed by atoms with van der Waals surface area (Å²) in [6.07, 6.45) is 12.0. The Bertz CT molecular complexity index is 572. The highest BCUT2D eigenvalue weighted by molar-refractivity contribution is 5.43. The lowest BCUT2D eigenvalue weighted by atomic mass is 9.62. The first-order chi connectivity index (χ1) is 9.48. The van der Waals surface area contributed by atoms with Crippen molar-refractivity contribution in [1.82, 2.24) is 0 Å². The number of allylic oxidation sites excluding steroid dienone is 2. The summed E-state index contributed by atoms with van der Waals surface area (Å²) in [6, 6.07) is 7.03. The van der Waals surface area contributed by atoms with Crippen LogP contribution in [-0.4, -0.2) is 0 Å². The average Bonchev–Trinajstić information content (AvgIpc) is 2.97. The van der Waals surface area contributed by atoms with Crippen LogP contribution in [0.4, 0.5) is 0 Å². The van der Waals surface area contributed by atoms with E-state index in [-0.39, 0.29) is 5.41 Å². The molecule has 0 amide bonds. The monoisotopic (exact) mass is 266 g/mol. The van der Waals surface area contributed by atoms with Crippen LogP contribution in [0.1, 0.15) is 56.7 Å². The van der Waals surface area contributed by atoms with Gasteiger partial charge in [-0.15, -0.1) is 0 Å². The Balaban J connectivity index is 1.77. The fourth-order valence-corrected chi connectivity index (χ4v) is 5.15. The summed E-state index contributed by atoms with van der Waals surface area (Å²) in [5.41, 5.74) is 5.81. The van der Waals surface area contributed by atoms with Crippen molar-refractivity contribution in [3.8, 4) is 0 Å². The lowest BCUT2D eigenvalue weighted by molar-refractivity contribution is 0.193. The molecule has 3 atom stereocenters. The third kappa shape index (κ3) is 1.73. The number of benzene rings is 1. The van der Waals surface area contributed by atoms with Crippen LogP contribution in [0, 0.1) is 17.3 Å². The molecule has 1 aromatic carbocycles. The number of rotatable bonds is 0. The Morgan fingerprint density at radius 2 is 2.00 bits per heavy atom. The Morgan fingerprint density at radius 3 is 2.65 bits per heavy atom. The van der Waals surface area contributed by atoms with E-state index in [0.717, 1.165) is 11.8 Å². The van der Waals surface area contributed by atoms with Gasteiger partial charge in [0, 0.05) is 0 Å². The third-order valence-corrected chi connectivity index (χ3v) is 6.13. The van der Waals surface area contributed by atoms with Crippen molar-refractivity contribution in [2.75, 3.05) is 0 Å². The predicted molar refractivity (Wildman–Crippen MR) is 85.0 cm³/mol. The van der Waals surface area contributed by atoms with Gasteiger partial charge in [0.05, 0.1) is 0 Å². The molecular formula is C20H26. The topological polar surface area (TPSA) is 0 Å². The Morgan fingerprint density at radius 1 is 1.15 bits per heavy atom. The smallest absolute Gasteiger partial charge is 0.0129 e. The van der Waals surface area contributed by atoms with Gasteiger partial charge in [-0.1, -0.05) is 51.1 Å². The highest BCUT2D eigenvalue weighted by Gasteiger charge is 2.49. The first-order valence-corrected chi connectivity index (χ1v) is 8.28. The first kappa shape index (κ1) is 12.7. The van der Waals surface area contributed by atoms with Crippen molar-refractivity contribution in [2.24, 2.45) is 17.3 Å². The van der Waals surface area contributed by atoms with Crippen molar-refractivity contribution >= 4 is 0 Å². The van der Waals surface area contributed by atoms with Gasteiger partial charge in [-0.2, -0.15) is 0 Å². The molecule has 0 saturated heterocycles. The minimum absolute atomic E-state index is 0.275. The van der Waals surface area contributed by atoms with Crippen molar-refractivity contribution in [3.05, 3.63) is 47.0 Å². The van der Waals surface area contributed by atoms with E-state index in [1.165, 1.54) is 32.1 Å². The molecule has 0 radical (unpaired) electrons. The lowest BCUT2D eigenvalue weighted by Crippen LogP contribution is -2.34. The quantitative estimate of drug-likeness (QED) is 0.576. The minimum Gasteiger partial charge on any atom is -0.0851 e. The molecule has 3 aliphatic rings. The Labute approximate surface area is 123 Å². The molecule has 0 heteroatoms. The first-order valence-electron chi connectivity index (χ1n) is 8.28. The summed E-state index contributed by atoms with van der Waals surface area (Å²) in [5.74, 6) is 1.76. The van der Waals surface area contributed by atoms with Gasteiger partial charge in [0.1, 0.15) is 0 Å². The van der Waals surface area contributed by atoms with Crippen LogP contribution in [0.3, 0.4) is 0 Å². The molecule has 0 aliphatic heterocycles. The molecule has 0 heterocycles. The fraction of sp³-hybridized carbons (Fsp3) is 0.600. The van der Waals surface area contributed by atoms with Crippen LogP contribution in [0.2, 0.25) is 0 Å². The molecule has 3 aliphatic carbocycles. The molecule has 1 spiro atoms. The minimum atomic E-state index is 0.275. The van der Waals surface area contributed by atoms with Crippen LogP contribution in [0.5, 0.6) is 0 Å². The number of hydrogen-bond acceptors (Lipinski definition) is 0. The van der Waals surface area contributed by atoms with Crippen molar-refractivity contribution in [1.29, 1.82) is 0 Å². The normalized spacial score (nSPS) is 34.8. The van der Waals surface area contributed by atoms with Gasteiger partial charge in [0.25, 0.3) is 0 Å². The maximum absolute atomic E-state index is 2.54. The van der Waals surface area contributed by atoms with Gasteiger partial charge >= 0.3 is 0 Å². The number of aryl methyl sites for hydroxylation is 1. The van der Waals surface area contributed by atoms with Gasteiger partial charge in [-0.05, 0) is 71.5 Å². The van der Waals surface area contributed by atoms with Crippen LogP contribution in [0.15, 0.2) is 30.4 Å². The van der Waals surface area contributed by atoms with Gasteiger partial charge in [0.2, 0.25) is 0 Å². The lowest BCUT2D eigenvalue weighted by Gasteiger charge is -2.42. The summed E-state index contributed by atoms with van der Waals surface area (Å²) in [6.45, 7) is 7.10. The van der Waals surface area contributed by atoms with Crippen molar-refractivity contribution < 1.29 is 0 Å². The highest BCUT2D eigenvalue weighted by Crippen LogP contribution is 2.58. The second kappa shape index (κ2) is 4.00. The molecule has 4 rings (SSSR count). The second-order valence-electron chi connectivity index (χ2n) is 8.42. The zero-order valence-corrected chi connectivity index (χ0v) is 13.1. The summed E-state index contributed by atoms with van der Waals surface area (Å²) >= 11 is 0. The maximum Gasteiger partial charge on any atom is -0.0129 e. The fourth-order valence-electron chi connectivity index (χ4n) is 5.15. The third-order valence-electron chi connectivity index (χ3n) is 6.13.